The molecule has 1 aliphatic carbocycles. The lowest BCUT2D eigenvalue weighted by Gasteiger charge is -2.30. The Balaban J connectivity index is 2.03. The number of hydrogen-bond donors (Lipinski definition) is 2. The van der Waals surface area contributed by atoms with Crippen molar-refractivity contribution in [3.63, 3.8) is 0 Å². The minimum Gasteiger partial charge on any atom is -0.504 e. The molecule has 1 aromatic carbocycles. The normalized spacial score (nSPS) is 17.2. The highest BCUT2D eigenvalue weighted by atomic mass is 16.5. The molecule has 4 nitrogen and oxygen atoms in total. The molecule has 1 aliphatic rings. The summed E-state index contributed by atoms with van der Waals surface area (Å²) in [5, 5.41) is 12.9. The van der Waals surface area contributed by atoms with Crippen LogP contribution in [0, 0.1) is 5.92 Å². The number of ether oxygens (including phenoxy) is 1. The molecule has 21 heavy (non-hydrogen) atoms. The Labute approximate surface area is 126 Å². The van der Waals surface area contributed by atoms with Crippen LogP contribution in [0.5, 0.6) is 11.5 Å². The number of aromatic hydroxyl groups is 1. The Morgan fingerprint density at radius 2 is 2.10 bits per heavy atom. The number of amides is 1. The summed E-state index contributed by atoms with van der Waals surface area (Å²) < 4.78 is 5.00. The van der Waals surface area contributed by atoms with E-state index in [2.05, 4.69) is 12.2 Å². The van der Waals surface area contributed by atoms with Gasteiger partial charge in [-0.3, -0.25) is 4.79 Å². The van der Waals surface area contributed by atoms with E-state index in [-0.39, 0.29) is 17.7 Å². The second-order valence-corrected chi connectivity index (χ2v) is 5.77. The van der Waals surface area contributed by atoms with Crippen LogP contribution in [0.4, 0.5) is 0 Å². The van der Waals surface area contributed by atoms with Gasteiger partial charge in [-0.25, -0.2) is 0 Å². The number of rotatable bonds is 5. The molecule has 1 atom stereocenters. The minimum absolute atomic E-state index is 0.00383. The molecule has 116 valence electrons. The van der Waals surface area contributed by atoms with Gasteiger partial charge in [0, 0.05) is 11.6 Å². The van der Waals surface area contributed by atoms with Crippen LogP contribution in [0.1, 0.15) is 55.8 Å². The van der Waals surface area contributed by atoms with E-state index in [9.17, 15) is 9.90 Å². The Hall–Kier alpha value is -1.71. The summed E-state index contributed by atoms with van der Waals surface area (Å²) in [7, 11) is 1.49. The quantitative estimate of drug-likeness (QED) is 0.873. The molecular weight excluding hydrogens is 266 g/mol. The Morgan fingerprint density at radius 1 is 1.38 bits per heavy atom. The van der Waals surface area contributed by atoms with Crippen molar-refractivity contribution < 1.29 is 14.6 Å². The maximum atomic E-state index is 12.3. The highest BCUT2D eigenvalue weighted by molar-refractivity contribution is 5.95. The van der Waals surface area contributed by atoms with E-state index >= 15 is 0 Å². The first-order valence-corrected chi connectivity index (χ1v) is 7.83. The number of benzene rings is 1. The zero-order valence-electron chi connectivity index (χ0n) is 12.9. The lowest BCUT2D eigenvalue weighted by Crippen LogP contribution is -2.40. The molecule has 0 radical (unpaired) electrons. The van der Waals surface area contributed by atoms with Gasteiger partial charge in [0.2, 0.25) is 0 Å². The number of carbonyl (C=O) groups is 1. The van der Waals surface area contributed by atoms with E-state index in [1.807, 2.05) is 0 Å². The van der Waals surface area contributed by atoms with Crippen LogP contribution >= 0.6 is 0 Å². The van der Waals surface area contributed by atoms with Gasteiger partial charge in [-0.05, 0) is 43.4 Å². The molecule has 1 unspecified atom stereocenters. The third kappa shape index (κ3) is 3.90. The fourth-order valence-electron chi connectivity index (χ4n) is 3.17. The van der Waals surface area contributed by atoms with Gasteiger partial charge in [0.15, 0.2) is 11.5 Å². The molecule has 1 fully saturated rings. The maximum Gasteiger partial charge on any atom is 0.251 e. The van der Waals surface area contributed by atoms with Crippen LogP contribution in [0.2, 0.25) is 0 Å². The average Bonchev–Trinajstić information content (AvgIpc) is 2.53. The Bertz CT molecular complexity index is 481. The highest BCUT2D eigenvalue weighted by Crippen LogP contribution is 2.29. The minimum atomic E-state index is -0.120. The summed E-state index contributed by atoms with van der Waals surface area (Å²) in [5.41, 5.74) is 0.475. The van der Waals surface area contributed by atoms with Crippen molar-refractivity contribution in [1.29, 1.82) is 0 Å². The van der Waals surface area contributed by atoms with Crippen LogP contribution in [-0.4, -0.2) is 24.2 Å². The van der Waals surface area contributed by atoms with Crippen LogP contribution in [0.3, 0.4) is 0 Å². The highest BCUT2D eigenvalue weighted by Gasteiger charge is 2.24. The largest absolute Gasteiger partial charge is 0.504 e. The van der Waals surface area contributed by atoms with Crippen LogP contribution in [0.25, 0.3) is 0 Å². The maximum absolute atomic E-state index is 12.3. The first-order valence-electron chi connectivity index (χ1n) is 7.83. The summed E-state index contributed by atoms with van der Waals surface area (Å²) >= 11 is 0. The van der Waals surface area contributed by atoms with Crippen molar-refractivity contribution in [1.82, 2.24) is 5.32 Å². The van der Waals surface area contributed by atoms with Gasteiger partial charge in [-0.15, -0.1) is 0 Å². The second-order valence-electron chi connectivity index (χ2n) is 5.77. The molecule has 0 spiro atoms. The predicted octanol–water partition coefficient (Wildman–Crippen LogP) is 3.49. The van der Waals surface area contributed by atoms with Gasteiger partial charge in [-0.1, -0.05) is 26.2 Å². The fraction of sp³-hybridized carbons (Fsp3) is 0.588. The lowest BCUT2D eigenvalue weighted by atomic mass is 9.83. The first-order chi connectivity index (χ1) is 10.2. The van der Waals surface area contributed by atoms with Gasteiger partial charge >= 0.3 is 0 Å². The number of phenolic OH excluding ortho intramolecular Hbond substituents is 1. The van der Waals surface area contributed by atoms with Crippen molar-refractivity contribution in [2.24, 2.45) is 5.92 Å². The third-order valence-electron chi connectivity index (χ3n) is 4.42. The fourth-order valence-corrected chi connectivity index (χ4v) is 3.17. The van der Waals surface area contributed by atoms with Crippen LogP contribution < -0.4 is 10.1 Å². The molecule has 1 saturated carbocycles. The second kappa shape index (κ2) is 7.34. The molecule has 2 N–H and O–H groups in total. The molecule has 4 heteroatoms. The van der Waals surface area contributed by atoms with E-state index in [1.54, 1.807) is 12.1 Å². The van der Waals surface area contributed by atoms with Gasteiger partial charge in [0.1, 0.15) is 0 Å². The zero-order valence-corrected chi connectivity index (χ0v) is 12.9. The molecular formula is C17H25NO3. The topological polar surface area (TPSA) is 58.6 Å². The summed E-state index contributed by atoms with van der Waals surface area (Å²) in [4.78, 5) is 12.3. The number of carbonyl (C=O) groups excluding carboxylic acids is 1. The molecule has 1 amide bonds. The monoisotopic (exact) mass is 291 g/mol. The van der Waals surface area contributed by atoms with Gasteiger partial charge < -0.3 is 15.2 Å². The SMILES string of the molecule is CCC(NC(=O)c1ccc(OC)c(O)c1)C1CCCCC1. The summed E-state index contributed by atoms with van der Waals surface area (Å²) in [6.07, 6.45) is 7.19. The Morgan fingerprint density at radius 3 is 2.67 bits per heavy atom. The molecule has 0 aromatic heterocycles. The molecule has 0 saturated heterocycles. The molecule has 0 bridgehead atoms. The predicted molar refractivity (Wildman–Crippen MR) is 82.8 cm³/mol. The molecule has 1 aromatic rings. The third-order valence-corrected chi connectivity index (χ3v) is 4.42. The van der Waals surface area contributed by atoms with Crippen LogP contribution in [0.15, 0.2) is 18.2 Å². The van der Waals surface area contributed by atoms with Crippen molar-refractivity contribution in [2.45, 2.75) is 51.5 Å². The van der Waals surface area contributed by atoms with Crippen molar-refractivity contribution in [2.75, 3.05) is 7.11 Å². The first kappa shape index (κ1) is 15.7. The summed E-state index contributed by atoms with van der Waals surface area (Å²) in [6, 6.07) is 4.98. The van der Waals surface area contributed by atoms with Gasteiger partial charge in [0.05, 0.1) is 7.11 Å². The summed E-state index contributed by atoms with van der Waals surface area (Å²) in [6.45, 7) is 2.12. The molecule has 0 aliphatic heterocycles. The number of phenols is 1. The molecule has 0 heterocycles. The Kier molecular flexibility index (Phi) is 5.48. The standard InChI is InChI=1S/C17H25NO3/c1-3-14(12-7-5-4-6-8-12)18-17(20)13-9-10-16(21-2)15(19)11-13/h9-12,14,19H,3-8H2,1-2H3,(H,18,20). The van der Waals surface area contributed by atoms with E-state index < -0.39 is 0 Å². The number of hydrogen-bond acceptors (Lipinski definition) is 3. The van der Waals surface area contributed by atoms with Crippen molar-refractivity contribution >= 4 is 5.91 Å². The van der Waals surface area contributed by atoms with E-state index in [1.165, 1.54) is 45.3 Å². The van der Waals surface area contributed by atoms with E-state index in [0.717, 1.165) is 6.42 Å². The smallest absolute Gasteiger partial charge is 0.251 e. The van der Waals surface area contributed by atoms with E-state index in [4.69, 9.17) is 4.74 Å². The van der Waals surface area contributed by atoms with Crippen molar-refractivity contribution in [3.05, 3.63) is 23.8 Å². The number of methoxy groups -OCH3 is 1. The van der Waals surface area contributed by atoms with E-state index in [0.29, 0.717) is 17.2 Å². The average molecular weight is 291 g/mol. The lowest BCUT2D eigenvalue weighted by molar-refractivity contribution is 0.0910. The molecule has 2 rings (SSSR count). The van der Waals surface area contributed by atoms with Crippen molar-refractivity contribution in [3.8, 4) is 11.5 Å². The van der Waals surface area contributed by atoms with Gasteiger partial charge in [0.25, 0.3) is 5.91 Å². The van der Waals surface area contributed by atoms with Gasteiger partial charge in [-0.2, -0.15) is 0 Å². The van der Waals surface area contributed by atoms with Crippen LogP contribution in [-0.2, 0) is 0 Å². The number of nitrogens with one attached hydrogen (secondary N) is 1. The summed E-state index contributed by atoms with van der Waals surface area (Å²) in [5.74, 6) is 0.839. The zero-order chi connectivity index (χ0) is 15.2.